The van der Waals surface area contributed by atoms with Crippen LogP contribution in [-0.4, -0.2) is 20.4 Å². The van der Waals surface area contributed by atoms with Crippen LogP contribution in [0, 0.1) is 13.8 Å². The van der Waals surface area contributed by atoms with Gasteiger partial charge in [-0.25, -0.2) is 8.42 Å². The topological polar surface area (TPSA) is 75.3 Å². The molecule has 0 radical (unpaired) electrons. The van der Waals surface area contributed by atoms with Crippen LogP contribution in [0.1, 0.15) is 66.4 Å². The number of rotatable bonds is 5. The molecule has 2 aromatic rings. The normalized spacial score (nSPS) is 15.9. The van der Waals surface area contributed by atoms with Crippen LogP contribution in [0.2, 0.25) is 0 Å². The molecule has 0 saturated heterocycles. The average Bonchev–Trinajstić information content (AvgIpc) is 2.65. The third kappa shape index (κ3) is 5.82. The molecule has 1 aliphatic rings. The molecule has 156 valence electrons. The van der Waals surface area contributed by atoms with Gasteiger partial charge in [-0.2, -0.15) is 0 Å². The van der Waals surface area contributed by atoms with Crippen LogP contribution >= 0.6 is 0 Å². The highest BCUT2D eigenvalue weighted by atomic mass is 32.2. The lowest BCUT2D eigenvalue weighted by molar-refractivity contribution is 0.0930. The van der Waals surface area contributed by atoms with Gasteiger partial charge in [-0.1, -0.05) is 55.9 Å². The maximum Gasteiger partial charge on any atom is 0.261 e. The maximum absolute atomic E-state index is 12.8. The number of anilines is 1. The number of hydrogen-bond acceptors (Lipinski definition) is 3. The molecule has 0 atom stereocenters. The minimum Gasteiger partial charge on any atom is -0.349 e. The molecule has 5 nitrogen and oxygen atoms in total. The second-order valence-corrected chi connectivity index (χ2v) is 9.65. The molecule has 2 aromatic carbocycles. The molecule has 3 rings (SSSR count). The molecule has 1 fully saturated rings. The molecule has 1 saturated carbocycles. The summed E-state index contributed by atoms with van der Waals surface area (Å²) < 4.78 is 28.1. The summed E-state index contributed by atoms with van der Waals surface area (Å²) in [5.74, 6) is -0.147. The van der Waals surface area contributed by atoms with Gasteiger partial charge in [0, 0.05) is 11.6 Å². The van der Waals surface area contributed by atoms with Gasteiger partial charge in [0.2, 0.25) is 0 Å². The fraction of sp³-hybridized carbons (Fsp3) is 0.435. The van der Waals surface area contributed by atoms with Gasteiger partial charge >= 0.3 is 0 Å². The summed E-state index contributed by atoms with van der Waals surface area (Å²) in [4.78, 5) is 13.0. The molecular formula is C23H30N2O3S. The summed E-state index contributed by atoms with van der Waals surface area (Å²) in [5, 5.41) is 3.13. The van der Waals surface area contributed by atoms with Crippen LogP contribution in [0.25, 0.3) is 0 Å². The van der Waals surface area contributed by atoms with E-state index in [0.717, 1.165) is 36.8 Å². The molecule has 2 N–H and O–H groups in total. The van der Waals surface area contributed by atoms with Gasteiger partial charge < -0.3 is 5.32 Å². The van der Waals surface area contributed by atoms with Crippen molar-refractivity contribution in [2.45, 2.75) is 69.7 Å². The Hall–Kier alpha value is -2.34. The van der Waals surface area contributed by atoms with Crippen molar-refractivity contribution in [3.63, 3.8) is 0 Å². The lowest BCUT2D eigenvalue weighted by atomic mass is 9.96. The fourth-order valence-electron chi connectivity index (χ4n) is 3.66. The highest BCUT2D eigenvalue weighted by molar-refractivity contribution is 7.92. The molecule has 1 aliphatic carbocycles. The summed E-state index contributed by atoms with van der Waals surface area (Å²) in [7, 11) is -3.71. The number of carbonyl (C=O) groups excluding carboxylic acids is 1. The predicted molar refractivity (Wildman–Crippen MR) is 117 cm³/mol. The van der Waals surface area contributed by atoms with Crippen molar-refractivity contribution < 1.29 is 13.2 Å². The van der Waals surface area contributed by atoms with Crippen LogP contribution in [0.5, 0.6) is 0 Å². The summed E-state index contributed by atoms with van der Waals surface area (Å²) >= 11 is 0. The number of amides is 1. The number of nitrogens with one attached hydrogen (secondary N) is 2. The van der Waals surface area contributed by atoms with Gasteiger partial charge in [0.05, 0.1) is 10.6 Å². The molecule has 0 bridgehead atoms. The zero-order valence-electron chi connectivity index (χ0n) is 17.2. The number of benzene rings is 2. The Morgan fingerprint density at radius 3 is 2.17 bits per heavy atom. The monoisotopic (exact) mass is 414 g/mol. The molecule has 29 heavy (non-hydrogen) atoms. The first-order valence-electron chi connectivity index (χ1n) is 10.4. The standard InChI is InChI=1S/C23H30N2O3S/c1-17-10-14-21(15-11-17)29(27,28)25-22-16-19(13-12-18(22)2)23(26)24-20-8-6-4-3-5-7-9-20/h10-16,20,25H,3-9H2,1-2H3,(H,24,26). The van der Waals surface area contributed by atoms with Crippen LogP contribution in [-0.2, 0) is 10.0 Å². The number of aryl methyl sites for hydroxylation is 2. The van der Waals surface area contributed by atoms with Gasteiger partial charge in [-0.15, -0.1) is 0 Å². The predicted octanol–water partition coefficient (Wildman–Crippen LogP) is 4.95. The van der Waals surface area contributed by atoms with Crippen LogP contribution in [0.4, 0.5) is 5.69 Å². The van der Waals surface area contributed by atoms with Gasteiger partial charge in [-0.3, -0.25) is 9.52 Å². The maximum atomic E-state index is 12.8. The van der Waals surface area contributed by atoms with Crippen LogP contribution < -0.4 is 10.0 Å². The Bertz CT molecular complexity index is 945. The molecular weight excluding hydrogens is 384 g/mol. The van der Waals surface area contributed by atoms with E-state index >= 15 is 0 Å². The van der Waals surface area contributed by atoms with E-state index in [1.165, 1.54) is 19.3 Å². The van der Waals surface area contributed by atoms with E-state index in [1.54, 1.807) is 42.5 Å². The van der Waals surface area contributed by atoms with Crippen molar-refractivity contribution in [1.82, 2.24) is 5.32 Å². The zero-order chi connectivity index (χ0) is 20.9. The van der Waals surface area contributed by atoms with Crippen molar-refractivity contribution in [3.05, 3.63) is 59.2 Å². The summed E-state index contributed by atoms with van der Waals surface area (Å²) in [6.07, 6.45) is 8.02. The summed E-state index contributed by atoms with van der Waals surface area (Å²) in [6, 6.07) is 12.0. The van der Waals surface area contributed by atoms with Crippen molar-refractivity contribution >= 4 is 21.6 Å². The zero-order valence-corrected chi connectivity index (χ0v) is 18.0. The van der Waals surface area contributed by atoms with E-state index in [2.05, 4.69) is 10.0 Å². The van der Waals surface area contributed by atoms with E-state index in [4.69, 9.17) is 0 Å². The fourth-order valence-corrected chi connectivity index (χ4v) is 4.79. The Morgan fingerprint density at radius 1 is 0.897 bits per heavy atom. The number of hydrogen-bond donors (Lipinski definition) is 2. The lowest BCUT2D eigenvalue weighted by Gasteiger charge is -2.21. The molecule has 0 aromatic heterocycles. The van der Waals surface area contributed by atoms with Crippen LogP contribution in [0.15, 0.2) is 47.4 Å². The molecule has 1 amide bonds. The molecule has 0 heterocycles. The minimum atomic E-state index is -3.71. The van der Waals surface area contributed by atoms with Gasteiger partial charge in [-0.05, 0) is 56.5 Å². The molecule has 0 aliphatic heterocycles. The Labute approximate surface area is 174 Å². The van der Waals surface area contributed by atoms with E-state index in [0.29, 0.717) is 11.3 Å². The van der Waals surface area contributed by atoms with E-state index in [9.17, 15) is 13.2 Å². The number of carbonyl (C=O) groups is 1. The van der Waals surface area contributed by atoms with Crippen molar-refractivity contribution in [3.8, 4) is 0 Å². The van der Waals surface area contributed by atoms with Gasteiger partial charge in [0.25, 0.3) is 15.9 Å². The summed E-state index contributed by atoms with van der Waals surface area (Å²) in [6.45, 7) is 3.73. The highest BCUT2D eigenvalue weighted by Crippen LogP contribution is 2.23. The molecule has 6 heteroatoms. The van der Waals surface area contributed by atoms with E-state index in [1.807, 2.05) is 13.8 Å². The van der Waals surface area contributed by atoms with E-state index < -0.39 is 10.0 Å². The Morgan fingerprint density at radius 2 is 1.52 bits per heavy atom. The van der Waals surface area contributed by atoms with Gasteiger partial charge in [0.15, 0.2) is 0 Å². The second kappa shape index (κ2) is 9.44. The van der Waals surface area contributed by atoms with E-state index in [-0.39, 0.29) is 16.8 Å². The summed E-state index contributed by atoms with van der Waals surface area (Å²) in [5.41, 5.74) is 2.66. The molecule has 0 spiro atoms. The van der Waals surface area contributed by atoms with Crippen molar-refractivity contribution in [2.24, 2.45) is 0 Å². The van der Waals surface area contributed by atoms with Crippen LogP contribution in [0.3, 0.4) is 0 Å². The minimum absolute atomic E-state index is 0.147. The first kappa shape index (κ1) is 21.4. The second-order valence-electron chi connectivity index (χ2n) is 7.96. The highest BCUT2D eigenvalue weighted by Gasteiger charge is 2.18. The molecule has 0 unspecified atom stereocenters. The van der Waals surface area contributed by atoms with Gasteiger partial charge in [0.1, 0.15) is 0 Å². The lowest BCUT2D eigenvalue weighted by Crippen LogP contribution is -2.35. The smallest absolute Gasteiger partial charge is 0.261 e. The SMILES string of the molecule is Cc1ccc(S(=O)(=O)Nc2cc(C(=O)NC3CCCCCCC3)ccc2C)cc1. The van der Waals surface area contributed by atoms with Crippen molar-refractivity contribution in [2.75, 3.05) is 4.72 Å². The third-order valence-electron chi connectivity index (χ3n) is 5.52. The Balaban J connectivity index is 1.75. The first-order chi connectivity index (χ1) is 13.8. The average molecular weight is 415 g/mol. The first-order valence-corrected chi connectivity index (χ1v) is 11.8. The quantitative estimate of drug-likeness (QED) is 0.727. The third-order valence-corrected chi connectivity index (χ3v) is 6.90. The Kier molecular flexibility index (Phi) is 6.96. The number of sulfonamides is 1. The largest absolute Gasteiger partial charge is 0.349 e. The van der Waals surface area contributed by atoms with Crippen molar-refractivity contribution in [1.29, 1.82) is 0 Å².